The first-order chi connectivity index (χ1) is 9.57. The number of nitrogens with one attached hydrogen (secondary N) is 1. The number of benzene rings is 1. The van der Waals surface area contributed by atoms with E-state index in [0.717, 1.165) is 11.4 Å². The fraction of sp³-hybridized carbons (Fsp3) is 0.647. The van der Waals surface area contributed by atoms with Crippen LogP contribution in [0.2, 0.25) is 5.02 Å². The van der Waals surface area contributed by atoms with Crippen LogP contribution in [0.5, 0.6) is 0 Å². The number of hydrogen-bond donors (Lipinski definition) is 2. The number of hydrogen-bond acceptors (Lipinski definition) is 2. The topological polar surface area (TPSA) is 38.0 Å². The van der Waals surface area contributed by atoms with Crippen molar-refractivity contribution in [1.29, 1.82) is 0 Å². The average Bonchev–Trinajstić information content (AvgIpc) is 2.86. The molecule has 1 atom stereocenters. The normalized spacial score (nSPS) is 19.4. The molecule has 1 aliphatic rings. The third kappa shape index (κ3) is 3.55. The molecular formula is C17H27ClN2. The molecule has 0 bridgehead atoms. The van der Waals surface area contributed by atoms with Gasteiger partial charge in [-0.1, -0.05) is 56.5 Å². The Kier molecular flexibility index (Phi) is 5.48. The molecule has 0 aliphatic heterocycles. The van der Waals surface area contributed by atoms with E-state index in [1.54, 1.807) is 0 Å². The van der Waals surface area contributed by atoms with Crippen LogP contribution in [0.3, 0.4) is 0 Å². The van der Waals surface area contributed by atoms with Gasteiger partial charge >= 0.3 is 0 Å². The molecular weight excluding hydrogens is 268 g/mol. The lowest BCUT2D eigenvalue weighted by atomic mass is 9.71. The Balaban J connectivity index is 2.19. The molecule has 1 unspecified atom stereocenters. The fourth-order valence-electron chi connectivity index (χ4n) is 3.92. The van der Waals surface area contributed by atoms with E-state index >= 15 is 0 Å². The smallest absolute Gasteiger partial charge is 0.0438 e. The van der Waals surface area contributed by atoms with Gasteiger partial charge in [0.2, 0.25) is 0 Å². The van der Waals surface area contributed by atoms with Crippen LogP contribution >= 0.6 is 11.6 Å². The maximum atomic E-state index is 6.31. The molecule has 0 radical (unpaired) electrons. The summed E-state index contributed by atoms with van der Waals surface area (Å²) >= 11 is 6.31. The summed E-state index contributed by atoms with van der Waals surface area (Å²) in [6, 6.07) is 8.43. The van der Waals surface area contributed by atoms with Crippen molar-refractivity contribution in [2.24, 2.45) is 17.2 Å². The van der Waals surface area contributed by atoms with E-state index in [1.807, 2.05) is 12.1 Å². The van der Waals surface area contributed by atoms with E-state index in [2.05, 4.69) is 31.4 Å². The Hall–Kier alpha value is -0.570. The Morgan fingerprint density at radius 1 is 1.25 bits per heavy atom. The van der Waals surface area contributed by atoms with Crippen molar-refractivity contribution in [3.63, 3.8) is 0 Å². The fourth-order valence-corrected chi connectivity index (χ4v) is 4.14. The molecule has 2 nitrogen and oxygen atoms in total. The summed E-state index contributed by atoms with van der Waals surface area (Å²) in [5.41, 5.74) is 4.64. The quantitative estimate of drug-likeness (QED) is 0.606. The summed E-state index contributed by atoms with van der Waals surface area (Å²) in [6.07, 6.45) is 7.38. The number of halogens is 1. The van der Waals surface area contributed by atoms with Crippen molar-refractivity contribution in [3.8, 4) is 0 Å². The maximum Gasteiger partial charge on any atom is 0.0438 e. The molecule has 3 heteroatoms. The molecule has 1 saturated carbocycles. The van der Waals surface area contributed by atoms with E-state index in [1.165, 1.54) is 37.7 Å². The van der Waals surface area contributed by atoms with Gasteiger partial charge in [0, 0.05) is 11.1 Å². The summed E-state index contributed by atoms with van der Waals surface area (Å²) in [5.74, 6) is 6.62. The second-order valence-electron chi connectivity index (χ2n) is 6.68. The summed E-state index contributed by atoms with van der Waals surface area (Å²) in [5, 5.41) is 0.852. The Bertz CT molecular complexity index is 425. The Morgan fingerprint density at radius 2 is 1.90 bits per heavy atom. The van der Waals surface area contributed by atoms with Gasteiger partial charge in [0.05, 0.1) is 0 Å². The molecule has 1 aliphatic carbocycles. The highest BCUT2D eigenvalue weighted by Crippen LogP contribution is 2.46. The first-order valence-electron chi connectivity index (χ1n) is 7.77. The van der Waals surface area contributed by atoms with Crippen molar-refractivity contribution >= 4 is 11.6 Å². The van der Waals surface area contributed by atoms with Crippen LogP contribution in [0.1, 0.15) is 51.5 Å². The van der Waals surface area contributed by atoms with Crippen molar-refractivity contribution < 1.29 is 0 Å². The third-order valence-electron chi connectivity index (χ3n) is 4.74. The van der Waals surface area contributed by atoms with E-state index in [9.17, 15) is 0 Å². The minimum Gasteiger partial charge on any atom is -0.271 e. The van der Waals surface area contributed by atoms with Gasteiger partial charge in [-0.3, -0.25) is 11.3 Å². The molecule has 20 heavy (non-hydrogen) atoms. The molecule has 1 aromatic rings. The van der Waals surface area contributed by atoms with Crippen LogP contribution in [-0.4, -0.2) is 6.04 Å². The zero-order chi connectivity index (χ0) is 14.6. The van der Waals surface area contributed by atoms with Gasteiger partial charge in [0.15, 0.2) is 0 Å². The predicted molar refractivity (Wildman–Crippen MR) is 86.6 cm³/mol. The zero-order valence-electron chi connectivity index (χ0n) is 12.7. The van der Waals surface area contributed by atoms with Crippen LogP contribution in [-0.2, 0) is 6.42 Å². The molecule has 3 N–H and O–H groups in total. The minimum absolute atomic E-state index is 0.312. The van der Waals surface area contributed by atoms with Gasteiger partial charge < -0.3 is 0 Å². The highest BCUT2D eigenvalue weighted by Gasteiger charge is 2.41. The summed E-state index contributed by atoms with van der Waals surface area (Å²) in [7, 11) is 0. The van der Waals surface area contributed by atoms with E-state index in [-0.39, 0.29) is 0 Å². The summed E-state index contributed by atoms with van der Waals surface area (Å²) in [6.45, 7) is 4.62. The highest BCUT2D eigenvalue weighted by molar-refractivity contribution is 6.31. The van der Waals surface area contributed by atoms with Crippen LogP contribution in [0.25, 0.3) is 0 Å². The van der Waals surface area contributed by atoms with Crippen molar-refractivity contribution in [2.45, 2.75) is 58.4 Å². The van der Waals surface area contributed by atoms with Crippen molar-refractivity contribution in [1.82, 2.24) is 5.43 Å². The van der Waals surface area contributed by atoms with E-state index in [4.69, 9.17) is 17.4 Å². The molecule has 1 fully saturated rings. The van der Waals surface area contributed by atoms with Crippen molar-refractivity contribution in [3.05, 3.63) is 34.9 Å². The molecule has 0 spiro atoms. The van der Waals surface area contributed by atoms with Crippen molar-refractivity contribution in [2.75, 3.05) is 0 Å². The number of hydrazine groups is 1. The lowest BCUT2D eigenvalue weighted by molar-refractivity contribution is 0.154. The third-order valence-corrected chi connectivity index (χ3v) is 5.11. The number of rotatable bonds is 6. The van der Waals surface area contributed by atoms with Gasteiger partial charge in [-0.25, -0.2) is 0 Å². The SMILES string of the molecule is CC(C)CC1(C(Cc2ccccc2Cl)NN)CCCC1. The molecule has 0 aromatic heterocycles. The van der Waals surface area contributed by atoms with E-state index < -0.39 is 0 Å². The lowest BCUT2D eigenvalue weighted by Gasteiger charge is -2.39. The van der Waals surface area contributed by atoms with Crippen LogP contribution in [0.4, 0.5) is 0 Å². The van der Waals surface area contributed by atoms with Gasteiger partial charge in [-0.2, -0.15) is 0 Å². The predicted octanol–water partition coefficient (Wildman–Crippen LogP) is 4.32. The molecule has 1 aromatic carbocycles. The van der Waals surface area contributed by atoms with Gasteiger partial charge in [0.1, 0.15) is 0 Å². The number of nitrogens with two attached hydrogens (primary N) is 1. The van der Waals surface area contributed by atoms with Crippen LogP contribution in [0.15, 0.2) is 24.3 Å². The Labute approximate surface area is 128 Å². The van der Waals surface area contributed by atoms with Crippen LogP contribution < -0.4 is 11.3 Å². The monoisotopic (exact) mass is 294 g/mol. The zero-order valence-corrected chi connectivity index (χ0v) is 13.4. The molecule has 0 amide bonds. The first kappa shape index (κ1) is 15.8. The average molecular weight is 295 g/mol. The standard InChI is InChI=1S/C17H27ClN2/c1-13(2)12-17(9-5-6-10-17)16(20-19)11-14-7-3-4-8-15(14)18/h3-4,7-8,13,16,20H,5-6,9-12,19H2,1-2H3. The molecule has 0 saturated heterocycles. The first-order valence-corrected chi connectivity index (χ1v) is 8.15. The van der Waals surface area contributed by atoms with Gasteiger partial charge in [-0.05, 0) is 48.6 Å². The second kappa shape index (κ2) is 6.93. The maximum absolute atomic E-state index is 6.31. The largest absolute Gasteiger partial charge is 0.271 e. The highest BCUT2D eigenvalue weighted by atomic mass is 35.5. The molecule has 0 heterocycles. The van der Waals surface area contributed by atoms with Crippen LogP contribution in [0, 0.1) is 11.3 Å². The van der Waals surface area contributed by atoms with Gasteiger partial charge in [0.25, 0.3) is 0 Å². The van der Waals surface area contributed by atoms with Gasteiger partial charge in [-0.15, -0.1) is 0 Å². The molecule has 2 rings (SSSR count). The van der Waals surface area contributed by atoms with E-state index in [0.29, 0.717) is 17.4 Å². The minimum atomic E-state index is 0.312. The molecule has 112 valence electrons. The lowest BCUT2D eigenvalue weighted by Crippen LogP contribution is -2.49. The second-order valence-corrected chi connectivity index (χ2v) is 7.09. The summed E-state index contributed by atoms with van der Waals surface area (Å²) in [4.78, 5) is 0. The summed E-state index contributed by atoms with van der Waals surface area (Å²) < 4.78 is 0. The Morgan fingerprint density at radius 3 is 2.45 bits per heavy atom.